The Balaban J connectivity index is 0.970. The van der Waals surface area contributed by atoms with Crippen molar-refractivity contribution in [1.82, 2.24) is 24.1 Å². The topological polar surface area (TPSA) is 61.7 Å². The highest BCUT2D eigenvalue weighted by Gasteiger charge is 2.23. The van der Waals surface area contributed by atoms with Gasteiger partial charge in [0.25, 0.3) is 0 Å². The molecule has 4 aromatic heterocycles. The predicted molar refractivity (Wildman–Crippen MR) is 285 cm³/mol. The van der Waals surface area contributed by atoms with E-state index in [-0.39, 0.29) is 0 Å². The van der Waals surface area contributed by atoms with Gasteiger partial charge in [0, 0.05) is 60.6 Å². The van der Waals surface area contributed by atoms with Crippen molar-refractivity contribution in [3.8, 4) is 45.5 Å². The Morgan fingerprint density at radius 3 is 1.64 bits per heavy atom. The molecule has 0 amide bonds. The van der Waals surface area contributed by atoms with E-state index in [0.29, 0.717) is 17.5 Å². The van der Waals surface area contributed by atoms with E-state index in [1.807, 2.05) is 0 Å². The van der Waals surface area contributed by atoms with Crippen LogP contribution in [0.25, 0.3) is 143 Å². The molecule has 15 aromatic rings. The fourth-order valence-electron chi connectivity index (χ4n) is 11.0. The Bertz CT molecular complexity index is 4620. The van der Waals surface area contributed by atoms with Crippen molar-refractivity contribution < 1.29 is 4.42 Å². The summed E-state index contributed by atoms with van der Waals surface area (Å²) in [5.41, 5.74) is 10.8. The molecule has 4 heterocycles. The third-order valence-corrected chi connectivity index (χ3v) is 14.1. The molecular formula is C63H37N5O. The molecule has 0 fully saturated rings. The summed E-state index contributed by atoms with van der Waals surface area (Å²) in [5, 5.41) is 13.7. The van der Waals surface area contributed by atoms with Crippen LogP contribution in [-0.2, 0) is 0 Å². The summed E-state index contributed by atoms with van der Waals surface area (Å²) in [6.45, 7) is 0. The van der Waals surface area contributed by atoms with Crippen molar-refractivity contribution in [2.45, 2.75) is 0 Å². The minimum atomic E-state index is 0.540. The van der Waals surface area contributed by atoms with Gasteiger partial charge in [-0.15, -0.1) is 0 Å². The molecule has 0 saturated carbocycles. The van der Waals surface area contributed by atoms with E-state index in [1.54, 1.807) is 0 Å². The van der Waals surface area contributed by atoms with E-state index in [4.69, 9.17) is 19.4 Å². The number of aromatic nitrogens is 5. The fraction of sp³-hybridized carbons (Fsp3) is 0. The summed E-state index contributed by atoms with van der Waals surface area (Å²) >= 11 is 0. The van der Waals surface area contributed by atoms with Crippen LogP contribution in [0.15, 0.2) is 229 Å². The summed E-state index contributed by atoms with van der Waals surface area (Å²) in [4.78, 5) is 15.9. The molecule has 0 atom stereocenters. The minimum absolute atomic E-state index is 0.540. The maximum atomic E-state index is 7.16. The van der Waals surface area contributed by atoms with Crippen molar-refractivity contribution in [3.05, 3.63) is 224 Å². The van der Waals surface area contributed by atoms with Crippen LogP contribution >= 0.6 is 0 Å². The smallest absolute Gasteiger partial charge is 0.167 e. The Kier molecular flexibility index (Phi) is 7.97. The lowest BCUT2D eigenvalue weighted by atomic mass is 10.0. The van der Waals surface area contributed by atoms with Gasteiger partial charge in [-0.05, 0) is 93.7 Å². The first kappa shape index (κ1) is 37.8. The van der Waals surface area contributed by atoms with Crippen molar-refractivity contribution in [2.24, 2.45) is 0 Å². The van der Waals surface area contributed by atoms with Gasteiger partial charge in [0.05, 0.1) is 33.3 Å². The van der Waals surface area contributed by atoms with E-state index >= 15 is 0 Å². The maximum absolute atomic E-state index is 7.16. The lowest BCUT2D eigenvalue weighted by Gasteiger charge is -2.13. The maximum Gasteiger partial charge on any atom is 0.167 e. The lowest BCUT2D eigenvalue weighted by Crippen LogP contribution is -2.00. The summed E-state index contributed by atoms with van der Waals surface area (Å²) in [6.07, 6.45) is 0. The van der Waals surface area contributed by atoms with Gasteiger partial charge in [0.1, 0.15) is 11.2 Å². The van der Waals surface area contributed by atoms with E-state index in [2.05, 4.69) is 234 Å². The third kappa shape index (κ3) is 5.69. The molecule has 0 N–H and O–H groups in total. The second-order valence-electron chi connectivity index (χ2n) is 18.0. The summed E-state index contributed by atoms with van der Waals surface area (Å²) in [6, 6.07) is 79.7. The van der Waals surface area contributed by atoms with Crippen LogP contribution in [0.3, 0.4) is 0 Å². The standard InChI is InChI=1S/C63H37N5O/c1-2-19-44(20-3-1)67-53-27-12-10-22-46(53)51-35-43(31-32-55(51)67)62-64-61(42-30-29-38-15-4-5-16-39(38)33-42)65-63(66-62)50-26-14-25-49-59-48-24-9-8-21-45(48)57(37-58(59)69-60(49)50)68-54-28-13-11-23-47(54)52-34-40-17-6-7-18-41(40)36-56(52)68/h1-37H. The summed E-state index contributed by atoms with van der Waals surface area (Å²) in [5.74, 6) is 1.71. The normalized spacial score (nSPS) is 12.1. The van der Waals surface area contributed by atoms with Gasteiger partial charge in [-0.2, -0.15) is 0 Å². The first-order chi connectivity index (χ1) is 34.2. The van der Waals surface area contributed by atoms with Crippen molar-refractivity contribution in [3.63, 3.8) is 0 Å². The van der Waals surface area contributed by atoms with Crippen LogP contribution in [-0.4, -0.2) is 24.1 Å². The highest BCUT2D eigenvalue weighted by atomic mass is 16.3. The van der Waals surface area contributed by atoms with Gasteiger partial charge in [0.2, 0.25) is 0 Å². The molecule has 0 aliphatic rings. The van der Waals surface area contributed by atoms with Crippen LogP contribution in [0.1, 0.15) is 0 Å². The second kappa shape index (κ2) is 14.6. The fourth-order valence-corrected chi connectivity index (χ4v) is 11.0. The van der Waals surface area contributed by atoms with Crippen LogP contribution in [0.4, 0.5) is 0 Å². The number of fused-ring (bicyclic) bond motifs is 13. The van der Waals surface area contributed by atoms with E-state index in [1.165, 1.54) is 21.5 Å². The highest BCUT2D eigenvalue weighted by molar-refractivity contribution is 6.23. The molecule has 320 valence electrons. The molecule has 11 aromatic carbocycles. The zero-order valence-electron chi connectivity index (χ0n) is 37.0. The van der Waals surface area contributed by atoms with E-state index in [0.717, 1.165) is 104 Å². The van der Waals surface area contributed by atoms with Crippen molar-refractivity contribution in [1.29, 1.82) is 0 Å². The van der Waals surface area contributed by atoms with Crippen LogP contribution in [0.5, 0.6) is 0 Å². The van der Waals surface area contributed by atoms with Crippen LogP contribution in [0, 0.1) is 0 Å². The number of nitrogens with zero attached hydrogens (tertiary/aromatic N) is 5. The molecule has 0 spiro atoms. The molecule has 0 aliphatic carbocycles. The van der Waals surface area contributed by atoms with Gasteiger partial charge in [-0.1, -0.05) is 152 Å². The van der Waals surface area contributed by atoms with Crippen molar-refractivity contribution in [2.75, 3.05) is 0 Å². The average molecular weight is 880 g/mol. The van der Waals surface area contributed by atoms with Crippen LogP contribution in [0.2, 0.25) is 0 Å². The molecule has 69 heavy (non-hydrogen) atoms. The van der Waals surface area contributed by atoms with Crippen LogP contribution < -0.4 is 0 Å². The van der Waals surface area contributed by atoms with E-state index in [9.17, 15) is 0 Å². The SMILES string of the molecule is c1ccc(-n2c3ccccc3c3cc(-c4nc(-c5ccc6ccccc6c5)nc(-c5cccc6c5oc5cc(-n7c8ccccc8c8cc9ccccc9cc87)c7ccccc7c56)n4)ccc32)cc1. The Labute approximate surface area is 394 Å². The molecule has 0 bridgehead atoms. The van der Waals surface area contributed by atoms with E-state index < -0.39 is 0 Å². The van der Waals surface area contributed by atoms with Gasteiger partial charge in [-0.3, -0.25) is 0 Å². The van der Waals surface area contributed by atoms with Gasteiger partial charge in [-0.25, -0.2) is 15.0 Å². The molecule has 0 radical (unpaired) electrons. The molecule has 6 nitrogen and oxygen atoms in total. The Morgan fingerprint density at radius 1 is 0.319 bits per heavy atom. The minimum Gasteiger partial charge on any atom is -0.455 e. The zero-order chi connectivity index (χ0) is 45.2. The highest BCUT2D eigenvalue weighted by Crippen LogP contribution is 2.44. The average Bonchev–Trinajstić information content (AvgIpc) is 4.07. The first-order valence-corrected chi connectivity index (χ1v) is 23.3. The number of para-hydroxylation sites is 4. The molecule has 6 heteroatoms. The molecule has 0 aliphatic heterocycles. The number of hydrogen-bond donors (Lipinski definition) is 0. The molecule has 0 unspecified atom stereocenters. The number of benzene rings is 11. The Hall–Kier alpha value is -9.39. The van der Waals surface area contributed by atoms with Gasteiger partial charge < -0.3 is 13.6 Å². The summed E-state index contributed by atoms with van der Waals surface area (Å²) in [7, 11) is 0. The summed E-state index contributed by atoms with van der Waals surface area (Å²) < 4.78 is 11.9. The first-order valence-electron chi connectivity index (χ1n) is 23.3. The Morgan fingerprint density at radius 2 is 0.870 bits per heavy atom. The second-order valence-corrected chi connectivity index (χ2v) is 18.0. The molecule has 0 saturated heterocycles. The van der Waals surface area contributed by atoms with Crippen molar-refractivity contribution >= 4 is 97.9 Å². The van der Waals surface area contributed by atoms with Gasteiger partial charge >= 0.3 is 0 Å². The van der Waals surface area contributed by atoms with Gasteiger partial charge in [0.15, 0.2) is 17.5 Å². The molecule has 15 rings (SSSR count). The third-order valence-electron chi connectivity index (χ3n) is 14.1. The lowest BCUT2D eigenvalue weighted by molar-refractivity contribution is 0.669. The molecular weight excluding hydrogens is 843 g/mol. The largest absolute Gasteiger partial charge is 0.455 e. The zero-order valence-corrected chi connectivity index (χ0v) is 37.0. The number of furan rings is 1. The number of rotatable bonds is 5. The number of hydrogen-bond acceptors (Lipinski definition) is 4. The quantitative estimate of drug-likeness (QED) is 0.173. The monoisotopic (exact) mass is 879 g/mol. The predicted octanol–water partition coefficient (Wildman–Crippen LogP) is 16.4.